The minimum Gasteiger partial charge on any atom is -0.493 e. The summed E-state index contributed by atoms with van der Waals surface area (Å²) >= 11 is 0. The van der Waals surface area contributed by atoms with Gasteiger partial charge in [-0.1, -0.05) is 13.0 Å². The van der Waals surface area contributed by atoms with Gasteiger partial charge in [0.15, 0.2) is 0 Å². The molecule has 0 aliphatic heterocycles. The Morgan fingerprint density at radius 3 is 2.84 bits per heavy atom. The van der Waals surface area contributed by atoms with Crippen LogP contribution in [-0.4, -0.2) is 30.4 Å². The highest BCUT2D eigenvalue weighted by Gasteiger charge is 2.21. The molecule has 0 saturated carbocycles. The van der Waals surface area contributed by atoms with E-state index in [1.165, 1.54) is 12.1 Å². The average Bonchev–Trinajstić information content (AvgIpc) is 2.42. The van der Waals surface area contributed by atoms with E-state index in [0.717, 1.165) is 25.8 Å². The van der Waals surface area contributed by atoms with Crippen LogP contribution in [0, 0.1) is 5.82 Å². The molecular formula is C15H24FNO2. The Hall–Kier alpha value is -1.13. The van der Waals surface area contributed by atoms with Crippen LogP contribution in [0.3, 0.4) is 0 Å². The summed E-state index contributed by atoms with van der Waals surface area (Å²) < 4.78 is 18.4. The van der Waals surface area contributed by atoms with Gasteiger partial charge in [0.25, 0.3) is 0 Å². The van der Waals surface area contributed by atoms with Crippen molar-refractivity contribution in [3.05, 3.63) is 30.1 Å². The summed E-state index contributed by atoms with van der Waals surface area (Å²) in [6, 6.07) is 6.14. The van der Waals surface area contributed by atoms with E-state index in [1.807, 2.05) is 6.92 Å². The number of hydrogen-bond donors (Lipinski definition) is 2. The average molecular weight is 269 g/mol. The lowest BCUT2D eigenvalue weighted by molar-refractivity contribution is 0.156. The molecule has 0 aliphatic carbocycles. The van der Waals surface area contributed by atoms with E-state index in [4.69, 9.17) is 4.74 Å². The van der Waals surface area contributed by atoms with Crippen LogP contribution in [0.15, 0.2) is 24.3 Å². The molecule has 0 spiro atoms. The van der Waals surface area contributed by atoms with Gasteiger partial charge in [-0.25, -0.2) is 4.39 Å². The molecule has 0 saturated heterocycles. The quantitative estimate of drug-likeness (QED) is 0.677. The molecule has 0 amide bonds. The topological polar surface area (TPSA) is 41.5 Å². The number of halogens is 1. The van der Waals surface area contributed by atoms with Crippen LogP contribution in [0.1, 0.15) is 33.1 Å². The normalized spacial score (nSPS) is 14.1. The van der Waals surface area contributed by atoms with Crippen molar-refractivity contribution in [2.75, 3.05) is 19.8 Å². The second-order valence-electron chi connectivity index (χ2n) is 5.05. The van der Waals surface area contributed by atoms with Gasteiger partial charge in [0.2, 0.25) is 0 Å². The molecule has 3 nitrogen and oxygen atoms in total. The zero-order chi connectivity index (χ0) is 14.1. The predicted molar refractivity (Wildman–Crippen MR) is 74.9 cm³/mol. The molecule has 1 unspecified atom stereocenters. The summed E-state index contributed by atoms with van der Waals surface area (Å²) in [5.74, 6) is 0.259. The Morgan fingerprint density at radius 2 is 2.21 bits per heavy atom. The summed E-state index contributed by atoms with van der Waals surface area (Å²) in [5, 5.41) is 12.7. The van der Waals surface area contributed by atoms with Crippen molar-refractivity contribution in [1.29, 1.82) is 0 Å². The number of aliphatic hydroxyl groups excluding tert-OH is 1. The molecular weight excluding hydrogens is 245 g/mol. The summed E-state index contributed by atoms with van der Waals surface area (Å²) in [6.07, 6.45) is 2.67. The molecule has 19 heavy (non-hydrogen) atoms. The second kappa shape index (κ2) is 8.12. The number of nitrogens with one attached hydrogen (secondary N) is 1. The van der Waals surface area contributed by atoms with E-state index in [1.54, 1.807) is 12.1 Å². The fourth-order valence-corrected chi connectivity index (χ4v) is 1.86. The van der Waals surface area contributed by atoms with Crippen molar-refractivity contribution in [3.63, 3.8) is 0 Å². The Kier molecular flexibility index (Phi) is 6.81. The monoisotopic (exact) mass is 269 g/mol. The Balaban J connectivity index is 2.29. The number of hydrogen-bond acceptors (Lipinski definition) is 3. The highest BCUT2D eigenvalue weighted by atomic mass is 19.1. The summed E-state index contributed by atoms with van der Waals surface area (Å²) in [4.78, 5) is 0. The maximum Gasteiger partial charge on any atom is 0.126 e. The largest absolute Gasteiger partial charge is 0.493 e. The minimum absolute atomic E-state index is 0.104. The fourth-order valence-electron chi connectivity index (χ4n) is 1.86. The van der Waals surface area contributed by atoms with Gasteiger partial charge in [0.05, 0.1) is 13.2 Å². The number of rotatable bonds is 9. The van der Waals surface area contributed by atoms with Crippen LogP contribution < -0.4 is 10.1 Å². The third kappa shape index (κ3) is 6.03. The Bertz CT molecular complexity index is 373. The van der Waals surface area contributed by atoms with Crippen LogP contribution >= 0.6 is 0 Å². The van der Waals surface area contributed by atoms with E-state index in [2.05, 4.69) is 12.2 Å². The molecule has 0 bridgehead atoms. The van der Waals surface area contributed by atoms with Gasteiger partial charge >= 0.3 is 0 Å². The zero-order valence-electron chi connectivity index (χ0n) is 11.8. The van der Waals surface area contributed by atoms with Gasteiger partial charge in [0, 0.05) is 11.6 Å². The van der Waals surface area contributed by atoms with Gasteiger partial charge in [-0.2, -0.15) is 0 Å². The first-order valence-electron chi connectivity index (χ1n) is 6.84. The number of benzene rings is 1. The van der Waals surface area contributed by atoms with Crippen molar-refractivity contribution in [3.8, 4) is 5.75 Å². The number of aliphatic hydroxyl groups is 1. The molecule has 108 valence electrons. The maximum absolute atomic E-state index is 12.9. The first-order chi connectivity index (χ1) is 9.09. The fraction of sp³-hybridized carbons (Fsp3) is 0.600. The molecule has 0 aromatic heterocycles. The minimum atomic E-state index is -0.290. The molecule has 0 aliphatic rings. The van der Waals surface area contributed by atoms with E-state index in [-0.39, 0.29) is 18.0 Å². The third-order valence-corrected chi connectivity index (χ3v) is 3.09. The molecule has 1 aromatic carbocycles. The molecule has 1 rings (SSSR count). The van der Waals surface area contributed by atoms with Gasteiger partial charge in [-0.05, 0) is 44.9 Å². The molecule has 1 atom stereocenters. The summed E-state index contributed by atoms with van der Waals surface area (Å²) in [6.45, 7) is 5.62. The molecule has 0 heterocycles. The zero-order valence-corrected chi connectivity index (χ0v) is 11.8. The lowest BCUT2D eigenvalue weighted by Gasteiger charge is -2.28. The molecule has 2 N–H and O–H groups in total. The Morgan fingerprint density at radius 1 is 1.42 bits per heavy atom. The molecule has 0 fully saturated rings. The second-order valence-corrected chi connectivity index (χ2v) is 5.05. The van der Waals surface area contributed by atoms with Gasteiger partial charge in [0.1, 0.15) is 11.6 Å². The molecule has 1 aromatic rings. The van der Waals surface area contributed by atoms with Gasteiger partial charge in [-0.15, -0.1) is 0 Å². The van der Waals surface area contributed by atoms with Crippen LogP contribution in [0.4, 0.5) is 4.39 Å². The maximum atomic E-state index is 12.9. The van der Waals surface area contributed by atoms with Crippen molar-refractivity contribution in [2.45, 2.75) is 38.6 Å². The lowest BCUT2D eigenvalue weighted by Crippen LogP contribution is -2.46. The van der Waals surface area contributed by atoms with E-state index in [9.17, 15) is 9.50 Å². The van der Waals surface area contributed by atoms with Crippen LogP contribution in [0.2, 0.25) is 0 Å². The third-order valence-electron chi connectivity index (χ3n) is 3.09. The van der Waals surface area contributed by atoms with Crippen molar-refractivity contribution in [2.24, 2.45) is 0 Å². The SMILES string of the molecule is CCCNC(C)(CO)CCCOc1cccc(F)c1. The van der Waals surface area contributed by atoms with E-state index in [0.29, 0.717) is 12.4 Å². The van der Waals surface area contributed by atoms with Crippen LogP contribution in [0.25, 0.3) is 0 Å². The molecule has 0 radical (unpaired) electrons. The first kappa shape index (κ1) is 15.9. The lowest BCUT2D eigenvalue weighted by atomic mass is 9.97. The van der Waals surface area contributed by atoms with Crippen molar-refractivity contribution < 1.29 is 14.2 Å². The van der Waals surface area contributed by atoms with Gasteiger partial charge < -0.3 is 15.2 Å². The molecule has 4 heteroatoms. The van der Waals surface area contributed by atoms with Crippen LogP contribution in [-0.2, 0) is 0 Å². The van der Waals surface area contributed by atoms with Crippen molar-refractivity contribution >= 4 is 0 Å². The summed E-state index contributed by atoms with van der Waals surface area (Å²) in [5.41, 5.74) is -0.263. The van der Waals surface area contributed by atoms with E-state index < -0.39 is 0 Å². The van der Waals surface area contributed by atoms with Gasteiger partial charge in [-0.3, -0.25) is 0 Å². The summed E-state index contributed by atoms with van der Waals surface area (Å²) in [7, 11) is 0. The van der Waals surface area contributed by atoms with Crippen molar-refractivity contribution in [1.82, 2.24) is 5.32 Å². The standard InChI is InChI=1S/C15H24FNO2/c1-3-9-17-15(2,12-18)8-5-10-19-14-7-4-6-13(16)11-14/h4,6-7,11,17-18H,3,5,8-10,12H2,1-2H3. The highest BCUT2D eigenvalue weighted by Crippen LogP contribution is 2.15. The Labute approximate surface area is 114 Å². The van der Waals surface area contributed by atoms with Crippen LogP contribution in [0.5, 0.6) is 5.75 Å². The van der Waals surface area contributed by atoms with E-state index >= 15 is 0 Å². The highest BCUT2D eigenvalue weighted by molar-refractivity contribution is 5.22. The smallest absolute Gasteiger partial charge is 0.126 e. The first-order valence-corrected chi connectivity index (χ1v) is 6.84. The predicted octanol–water partition coefficient (Wildman–Crippen LogP) is 2.74. The number of ether oxygens (including phenoxy) is 1.